The number of rotatable bonds is 7. The van der Waals surface area contributed by atoms with Crippen LogP contribution in [0.1, 0.15) is 9.67 Å². The SMILES string of the molecule is COc1ccc(NC(=O)c2cc3cc(N(C)S(=O)(=O)c4ccc(F)cc4)ccc3s2)c(OC)c1. The smallest absolute Gasteiger partial charge is 0.265 e. The maximum atomic E-state index is 13.2. The van der Waals surface area contributed by atoms with Crippen molar-refractivity contribution in [2.45, 2.75) is 4.90 Å². The summed E-state index contributed by atoms with van der Waals surface area (Å²) in [6, 6.07) is 16.5. The Morgan fingerprint density at radius 3 is 2.38 bits per heavy atom. The summed E-state index contributed by atoms with van der Waals surface area (Å²) in [4.78, 5) is 13.3. The zero-order valence-corrected chi connectivity index (χ0v) is 20.2. The highest BCUT2D eigenvalue weighted by Crippen LogP contribution is 2.33. The van der Waals surface area contributed by atoms with Crippen molar-refractivity contribution in [1.82, 2.24) is 0 Å². The Labute approximate surface area is 200 Å². The molecule has 0 aliphatic carbocycles. The zero-order valence-electron chi connectivity index (χ0n) is 18.5. The molecule has 10 heteroatoms. The van der Waals surface area contributed by atoms with Crippen LogP contribution in [0.15, 0.2) is 71.6 Å². The van der Waals surface area contributed by atoms with E-state index < -0.39 is 15.8 Å². The number of carbonyl (C=O) groups excluding carboxylic acids is 1. The van der Waals surface area contributed by atoms with E-state index in [4.69, 9.17) is 9.47 Å². The standard InChI is InChI=1S/C24H21FN2O5S2/c1-27(34(29,30)19-8-4-16(25)5-9-19)17-6-11-22-15(12-17)13-23(33-22)24(28)26-20-10-7-18(31-2)14-21(20)32-3/h4-14H,1-3H3,(H,26,28). The number of fused-ring (bicyclic) bond motifs is 1. The number of benzene rings is 3. The molecule has 3 aromatic carbocycles. The highest BCUT2D eigenvalue weighted by molar-refractivity contribution is 7.92. The summed E-state index contributed by atoms with van der Waals surface area (Å²) >= 11 is 1.28. The number of carbonyl (C=O) groups is 1. The van der Waals surface area contributed by atoms with Gasteiger partial charge in [0, 0.05) is 17.8 Å². The molecule has 0 saturated carbocycles. The second kappa shape index (κ2) is 9.32. The van der Waals surface area contributed by atoms with Crippen LogP contribution in [0.3, 0.4) is 0 Å². The molecule has 1 heterocycles. The summed E-state index contributed by atoms with van der Waals surface area (Å²) in [6.45, 7) is 0. The van der Waals surface area contributed by atoms with Crippen LogP contribution in [0, 0.1) is 5.82 Å². The lowest BCUT2D eigenvalue weighted by Gasteiger charge is -2.19. The van der Waals surface area contributed by atoms with Gasteiger partial charge in [0.15, 0.2) is 0 Å². The molecule has 0 radical (unpaired) electrons. The van der Waals surface area contributed by atoms with Crippen LogP contribution in [0.2, 0.25) is 0 Å². The van der Waals surface area contributed by atoms with Crippen LogP contribution < -0.4 is 19.1 Å². The fourth-order valence-electron chi connectivity index (χ4n) is 3.33. The molecule has 0 spiro atoms. The molecule has 0 unspecified atom stereocenters. The van der Waals surface area contributed by atoms with Crippen LogP contribution in [0.25, 0.3) is 10.1 Å². The monoisotopic (exact) mass is 500 g/mol. The second-order valence-corrected chi connectivity index (χ2v) is 10.3. The van der Waals surface area contributed by atoms with E-state index in [9.17, 15) is 17.6 Å². The van der Waals surface area contributed by atoms with Crippen LogP contribution in [0.5, 0.6) is 11.5 Å². The van der Waals surface area contributed by atoms with Crippen molar-refractivity contribution in [3.8, 4) is 11.5 Å². The third kappa shape index (κ3) is 4.55. The summed E-state index contributed by atoms with van der Waals surface area (Å²) < 4.78 is 51.5. The molecule has 1 aromatic heterocycles. The number of hydrogen-bond acceptors (Lipinski definition) is 6. The minimum absolute atomic E-state index is 0.0182. The van der Waals surface area contributed by atoms with E-state index in [0.29, 0.717) is 27.8 Å². The summed E-state index contributed by atoms with van der Waals surface area (Å²) in [5, 5.41) is 3.55. The van der Waals surface area contributed by atoms with Gasteiger partial charge in [0.2, 0.25) is 0 Å². The van der Waals surface area contributed by atoms with Gasteiger partial charge in [0.05, 0.1) is 35.4 Å². The van der Waals surface area contributed by atoms with Gasteiger partial charge in [0.1, 0.15) is 17.3 Å². The predicted molar refractivity (Wildman–Crippen MR) is 131 cm³/mol. The number of ether oxygens (including phenoxy) is 2. The summed E-state index contributed by atoms with van der Waals surface area (Å²) in [5.74, 6) is 0.227. The minimum Gasteiger partial charge on any atom is -0.497 e. The summed E-state index contributed by atoms with van der Waals surface area (Å²) in [6.07, 6.45) is 0. The molecule has 7 nitrogen and oxygen atoms in total. The molecule has 0 aliphatic heterocycles. The van der Waals surface area contributed by atoms with Gasteiger partial charge in [-0.3, -0.25) is 9.10 Å². The fourth-order valence-corrected chi connectivity index (χ4v) is 5.45. The first-order chi connectivity index (χ1) is 16.2. The number of anilines is 2. The number of thiophene rings is 1. The van der Waals surface area contributed by atoms with Gasteiger partial charge in [0.25, 0.3) is 15.9 Å². The molecular formula is C24H21FN2O5S2. The Morgan fingerprint density at radius 1 is 0.971 bits per heavy atom. The number of nitrogens with one attached hydrogen (secondary N) is 1. The van der Waals surface area contributed by atoms with Crippen LogP contribution in [0.4, 0.5) is 15.8 Å². The lowest BCUT2D eigenvalue weighted by Crippen LogP contribution is -2.26. The predicted octanol–water partition coefficient (Wildman–Crippen LogP) is 5.14. The molecular weight excluding hydrogens is 479 g/mol. The van der Waals surface area contributed by atoms with Crippen molar-refractivity contribution < 1.29 is 27.1 Å². The lowest BCUT2D eigenvalue weighted by atomic mass is 10.2. The summed E-state index contributed by atoms with van der Waals surface area (Å²) in [7, 11) is 0.596. The normalized spacial score (nSPS) is 11.3. The number of sulfonamides is 1. The first-order valence-electron chi connectivity index (χ1n) is 10.0. The van der Waals surface area contributed by atoms with E-state index in [1.807, 2.05) is 0 Å². The largest absolute Gasteiger partial charge is 0.497 e. The van der Waals surface area contributed by atoms with Crippen molar-refractivity contribution in [3.63, 3.8) is 0 Å². The zero-order chi connectivity index (χ0) is 24.5. The first kappa shape index (κ1) is 23.5. The van der Waals surface area contributed by atoms with Crippen molar-refractivity contribution in [2.24, 2.45) is 0 Å². The molecule has 176 valence electrons. The number of nitrogens with zero attached hydrogens (tertiary/aromatic N) is 1. The van der Waals surface area contributed by atoms with E-state index in [0.717, 1.165) is 26.5 Å². The van der Waals surface area contributed by atoms with Gasteiger partial charge in [-0.15, -0.1) is 11.3 Å². The molecule has 0 aliphatic rings. The van der Waals surface area contributed by atoms with E-state index in [1.54, 1.807) is 49.6 Å². The molecule has 1 amide bonds. The minimum atomic E-state index is -3.87. The molecule has 1 N–H and O–H groups in total. The van der Waals surface area contributed by atoms with Crippen molar-refractivity contribution >= 4 is 48.7 Å². The number of methoxy groups -OCH3 is 2. The maximum Gasteiger partial charge on any atom is 0.265 e. The number of hydrogen-bond donors (Lipinski definition) is 1. The van der Waals surface area contributed by atoms with Gasteiger partial charge in [-0.2, -0.15) is 0 Å². The average molecular weight is 501 g/mol. The van der Waals surface area contributed by atoms with E-state index in [2.05, 4.69) is 5.32 Å². The average Bonchev–Trinajstić information content (AvgIpc) is 3.27. The van der Waals surface area contributed by atoms with Gasteiger partial charge in [-0.25, -0.2) is 12.8 Å². The van der Waals surface area contributed by atoms with Crippen LogP contribution in [-0.4, -0.2) is 35.6 Å². The fraction of sp³-hybridized carbons (Fsp3) is 0.125. The maximum absolute atomic E-state index is 13.2. The molecule has 0 bridgehead atoms. The highest BCUT2D eigenvalue weighted by Gasteiger charge is 2.22. The Balaban J connectivity index is 1.60. The topological polar surface area (TPSA) is 84.9 Å². The molecule has 4 aromatic rings. The number of halogens is 1. The van der Waals surface area contributed by atoms with Crippen LogP contribution >= 0.6 is 11.3 Å². The number of amides is 1. The van der Waals surface area contributed by atoms with E-state index >= 15 is 0 Å². The van der Waals surface area contributed by atoms with E-state index in [-0.39, 0.29) is 10.8 Å². The van der Waals surface area contributed by atoms with Gasteiger partial charge in [-0.05, 0) is 66.0 Å². The molecule has 0 fully saturated rings. The first-order valence-corrected chi connectivity index (χ1v) is 12.3. The van der Waals surface area contributed by atoms with Gasteiger partial charge < -0.3 is 14.8 Å². The Kier molecular flexibility index (Phi) is 6.45. The molecule has 34 heavy (non-hydrogen) atoms. The Bertz CT molecular complexity index is 1470. The Morgan fingerprint density at radius 2 is 1.71 bits per heavy atom. The molecule has 0 atom stereocenters. The van der Waals surface area contributed by atoms with Crippen LogP contribution in [-0.2, 0) is 10.0 Å². The van der Waals surface area contributed by atoms with Crippen molar-refractivity contribution in [2.75, 3.05) is 30.9 Å². The third-order valence-electron chi connectivity index (χ3n) is 5.22. The van der Waals surface area contributed by atoms with Gasteiger partial charge >= 0.3 is 0 Å². The van der Waals surface area contributed by atoms with Crippen molar-refractivity contribution in [1.29, 1.82) is 0 Å². The molecule has 4 rings (SSSR count). The Hall–Kier alpha value is -3.63. The van der Waals surface area contributed by atoms with E-state index in [1.165, 1.54) is 37.6 Å². The van der Waals surface area contributed by atoms with Gasteiger partial charge in [-0.1, -0.05) is 0 Å². The van der Waals surface area contributed by atoms with Crippen molar-refractivity contribution in [3.05, 3.63) is 77.4 Å². The summed E-state index contributed by atoms with van der Waals surface area (Å²) in [5.41, 5.74) is 0.912. The second-order valence-electron chi connectivity index (χ2n) is 7.28. The quantitative estimate of drug-likeness (QED) is 0.380. The third-order valence-corrected chi connectivity index (χ3v) is 8.13. The highest BCUT2D eigenvalue weighted by atomic mass is 32.2. The molecule has 0 saturated heterocycles. The lowest BCUT2D eigenvalue weighted by molar-refractivity contribution is 0.103.